The molecule has 0 aliphatic carbocycles. The number of hydrogen-bond acceptors (Lipinski definition) is 6. The first-order valence-corrected chi connectivity index (χ1v) is 10.4. The van der Waals surface area contributed by atoms with E-state index in [-0.39, 0.29) is 15.6 Å². The molecule has 2 aliphatic rings. The van der Waals surface area contributed by atoms with Crippen molar-refractivity contribution < 1.29 is 27.4 Å². The number of anilines is 1. The summed E-state index contributed by atoms with van der Waals surface area (Å²) in [5.41, 5.74) is 0.216. The molecule has 0 atom stereocenters. The summed E-state index contributed by atoms with van der Waals surface area (Å²) in [7, 11) is -3.88. The molecule has 0 saturated heterocycles. The van der Waals surface area contributed by atoms with E-state index in [0.717, 1.165) is 12.8 Å². The Morgan fingerprint density at radius 1 is 0.778 bits per heavy atom. The van der Waals surface area contributed by atoms with Crippen LogP contribution >= 0.6 is 11.6 Å². The van der Waals surface area contributed by atoms with E-state index in [0.29, 0.717) is 49.4 Å². The average molecular weight is 412 g/mol. The molecule has 2 aliphatic heterocycles. The summed E-state index contributed by atoms with van der Waals surface area (Å²) >= 11 is 6.24. The summed E-state index contributed by atoms with van der Waals surface area (Å²) in [6, 6.07) is 7.58. The number of sulfonamides is 1. The van der Waals surface area contributed by atoms with Crippen LogP contribution in [0.1, 0.15) is 12.8 Å². The molecule has 2 heterocycles. The van der Waals surface area contributed by atoms with Gasteiger partial charge in [-0.3, -0.25) is 4.72 Å². The van der Waals surface area contributed by atoms with Crippen LogP contribution in [0.4, 0.5) is 5.69 Å². The molecule has 0 unspecified atom stereocenters. The normalized spacial score (nSPS) is 16.2. The minimum atomic E-state index is -3.88. The zero-order chi connectivity index (χ0) is 18.9. The van der Waals surface area contributed by atoms with Crippen LogP contribution in [0.5, 0.6) is 23.0 Å². The molecule has 0 spiro atoms. The first-order chi connectivity index (χ1) is 13.0. The van der Waals surface area contributed by atoms with Crippen LogP contribution in [-0.2, 0) is 10.0 Å². The van der Waals surface area contributed by atoms with Crippen molar-refractivity contribution in [3.05, 3.63) is 35.4 Å². The molecule has 0 amide bonds. The van der Waals surface area contributed by atoms with E-state index >= 15 is 0 Å². The van der Waals surface area contributed by atoms with Gasteiger partial charge in [0.25, 0.3) is 10.0 Å². The van der Waals surface area contributed by atoms with E-state index in [1.807, 2.05) is 0 Å². The molecule has 1 N–H and O–H groups in total. The van der Waals surface area contributed by atoms with Crippen molar-refractivity contribution in [2.45, 2.75) is 17.7 Å². The molecule has 2 aromatic rings. The molecule has 9 heteroatoms. The third-order valence-corrected chi connectivity index (χ3v) is 5.79. The maximum atomic E-state index is 12.8. The van der Waals surface area contributed by atoms with Gasteiger partial charge in [0.1, 0.15) is 0 Å². The molecule has 0 bridgehead atoms. The highest BCUT2D eigenvalue weighted by molar-refractivity contribution is 7.92. The van der Waals surface area contributed by atoms with Crippen molar-refractivity contribution >= 4 is 27.3 Å². The van der Waals surface area contributed by atoms with E-state index in [4.69, 9.17) is 30.5 Å². The van der Waals surface area contributed by atoms with Crippen molar-refractivity contribution in [1.82, 2.24) is 0 Å². The Labute approximate surface area is 162 Å². The Balaban J connectivity index is 1.64. The van der Waals surface area contributed by atoms with Crippen molar-refractivity contribution in [3.8, 4) is 23.0 Å². The second-order valence-corrected chi connectivity index (χ2v) is 8.18. The second kappa shape index (κ2) is 7.36. The van der Waals surface area contributed by atoms with Gasteiger partial charge in [-0.15, -0.1) is 0 Å². The van der Waals surface area contributed by atoms with Gasteiger partial charge in [-0.25, -0.2) is 8.42 Å². The molecule has 2 aromatic carbocycles. The SMILES string of the molecule is O=S(=O)(Nc1cc2c(cc1Cl)OCCCO2)c1ccc2c(c1)OCCCO2. The van der Waals surface area contributed by atoms with Crippen LogP contribution in [0, 0.1) is 0 Å². The van der Waals surface area contributed by atoms with E-state index in [9.17, 15) is 8.42 Å². The zero-order valence-corrected chi connectivity index (χ0v) is 15.9. The first kappa shape index (κ1) is 18.1. The van der Waals surface area contributed by atoms with E-state index in [2.05, 4.69) is 4.72 Å². The standard InChI is InChI=1S/C18H18ClNO6S/c19-13-10-17-18(26-8-2-7-25-17)11-14(13)20-27(21,22)12-3-4-15-16(9-12)24-6-1-5-23-15/h3-4,9-11,20H,1-2,5-8H2. The van der Waals surface area contributed by atoms with Crippen LogP contribution in [0.2, 0.25) is 5.02 Å². The van der Waals surface area contributed by atoms with Crippen molar-refractivity contribution in [2.24, 2.45) is 0 Å². The monoisotopic (exact) mass is 411 g/mol. The van der Waals surface area contributed by atoms with Gasteiger partial charge in [0.15, 0.2) is 23.0 Å². The van der Waals surface area contributed by atoms with Crippen LogP contribution in [0.15, 0.2) is 35.2 Å². The highest BCUT2D eigenvalue weighted by Crippen LogP contribution is 2.39. The van der Waals surface area contributed by atoms with Gasteiger partial charge >= 0.3 is 0 Å². The smallest absolute Gasteiger partial charge is 0.262 e. The molecular weight excluding hydrogens is 394 g/mol. The predicted octanol–water partition coefficient (Wildman–Crippen LogP) is 3.46. The lowest BCUT2D eigenvalue weighted by Gasteiger charge is -2.14. The lowest BCUT2D eigenvalue weighted by atomic mass is 10.3. The Hall–Kier alpha value is -2.32. The number of hydrogen-bond donors (Lipinski definition) is 1. The minimum Gasteiger partial charge on any atom is -0.490 e. The molecule has 144 valence electrons. The number of ether oxygens (including phenoxy) is 4. The lowest BCUT2D eigenvalue weighted by Crippen LogP contribution is -2.13. The van der Waals surface area contributed by atoms with Gasteiger partial charge in [-0.2, -0.15) is 0 Å². The molecule has 0 saturated carbocycles. The van der Waals surface area contributed by atoms with E-state index < -0.39 is 10.0 Å². The van der Waals surface area contributed by atoms with Gasteiger partial charge in [-0.05, 0) is 12.1 Å². The second-order valence-electron chi connectivity index (χ2n) is 6.09. The van der Waals surface area contributed by atoms with Crippen molar-refractivity contribution in [3.63, 3.8) is 0 Å². The fourth-order valence-corrected chi connectivity index (χ4v) is 4.12. The highest BCUT2D eigenvalue weighted by Gasteiger charge is 2.22. The summed E-state index contributed by atoms with van der Waals surface area (Å²) in [6.07, 6.45) is 1.48. The summed E-state index contributed by atoms with van der Waals surface area (Å²) in [4.78, 5) is 0.0509. The summed E-state index contributed by atoms with van der Waals surface area (Å²) in [6.45, 7) is 2.01. The third-order valence-electron chi connectivity index (χ3n) is 4.11. The quantitative estimate of drug-likeness (QED) is 0.832. The van der Waals surface area contributed by atoms with E-state index in [1.54, 1.807) is 12.1 Å². The maximum absolute atomic E-state index is 12.8. The summed E-state index contributed by atoms with van der Waals surface area (Å²) in [5.74, 6) is 1.88. The molecule has 27 heavy (non-hydrogen) atoms. The Kier molecular flexibility index (Phi) is 4.92. The van der Waals surface area contributed by atoms with Crippen molar-refractivity contribution in [1.29, 1.82) is 0 Å². The lowest BCUT2D eigenvalue weighted by molar-refractivity contribution is 0.296. The van der Waals surface area contributed by atoms with Crippen LogP contribution < -0.4 is 23.7 Å². The summed E-state index contributed by atoms with van der Waals surface area (Å²) in [5, 5.41) is 0.220. The third kappa shape index (κ3) is 3.86. The molecule has 7 nitrogen and oxygen atoms in total. The average Bonchev–Trinajstić information content (AvgIpc) is 3.01. The Bertz CT molecular complexity index is 963. The fraction of sp³-hybridized carbons (Fsp3) is 0.333. The number of benzene rings is 2. The topological polar surface area (TPSA) is 83.1 Å². The zero-order valence-electron chi connectivity index (χ0n) is 14.4. The molecule has 0 fully saturated rings. The predicted molar refractivity (Wildman–Crippen MR) is 99.9 cm³/mol. The number of fused-ring (bicyclic) bond motifs is 2. The molecular formula is C18H18ClNO6S. The van der Waals surface area contributed by atoms with E-state index in [1.165, 1.54) is 18.2 Å². The highest BCUT2D eigenvalue weighted by atomic mass is 35.5. The summed E-state index contributed by atoms with van der Waals surface area (Å²) < 4.78 is 50.4. The Morgan fingerprint density at radius 3 is 2.00 bits per heavy atom. The van der Waals surface area contributed by atoms with Gasteiger partial charge < -0.3 is 18.9 Å². The van der Waals surface area contributed by atoms with Gasteiger partial charge in [0, 0.05) is 31.0 Å². The minimum absolute atomic E-state index is 0.0509. The Morgan fingerprint density at radius 2 is 1.33 bits per heavy atom. The molecule has 0 radical (unpaired) electrons. The van der Waals surface area contributed by atoms with Gasteiger partial charge in [-0.1, -0.05) is 11.6 Å². The number of halogens is 1. The largest absolute Gasteiger partial charge is 0.490 e. The molecule has 4 rings (SSSR count). The fourth-order valence-electron chi connectivity index (χ4n) is 2.78. The van der Waals surface area contributed by atoms with Gasteiger partial charge in [0.2, 0.25) is 0 Å². The first-order valence-electron chi connectivity index (χ1n) is 8.54. The maximum Gasteiger partial charge on any atom is 0.262 e. The number of nitrogens with one attached hydrogen (secondary N) is 1. The van der Waals surface area contributed by atoms with Crippen LogP contribution in [-0.4, -0.2) is 34.8 Å². The van der Waals surface area contributed by atoms with Gasteiger partial charge in [0.05, 0.1) is 42.0 Å². The van der Waals surface area contributed by atoms with Crippen molar-refractivity contribution in [2.75, 3.05) is 31.1 Å². The molecule has 0 aromatic heterocycles. The van der Waals surface area contributed by atoms with Crippen LogP contribution in [0.3, 0.4) is 0 Å². The number of rotatable bonds is 3. The van der Waals surface area contributed by atoms with Crippen LogP contribution in [0.25, 0.3) is 0 Å².